The summed E-state index contributed by atoms with van der Waals surface area (Å²) in [5.41, 5.74) is 0.795. The monoisotopic (exact) mass is 584 g/mol. The number of hydrogen-bond donors (Lipinski definition) is 3. The summed E-state index contributed by atoms with van der Waals surface area (Å²) in [7, 11) is 1.65. The van der Waals surface area contributed by atoms with Gasteiger partial charge in [-0.05, 0) is 86.9 Å². The highest BCUT2D eigenvalue weighted by Gasteiger charge is 2.29. The summed E-state index contributed by atoms with van der Waals surface area (Å²) in [5, 5.41) is 14.5. The molecule has 0 spiro atoms. The summed E-state index contributed by atoms with van der Waals surface area (Å²) in [6.45, 7) is 17.5. The molecule has 2 rings (SSSR count). The van der Waals surface area contributed by atoms with Crippen molar-refractivity contribution in [3.8, 4) is 0 Å². The van der Waals surface area contributed by atoms with Crippen molar-refractivity contribution in [1.82, 2.24) is 10.6 Å². The summed E-state index contributed by atoms with van der Waals surface area (Å²) in [6, 6.07) is 0. The fourth-order valence-electron chi connectivity index (χ4n) is 6.18. The van der Waals surface area contributed by atoms with Gasteiger partial charge in [0.2, 0.25) is 11.8 Å². The van der Waals surface area contributed by atoms with Gasteiger partial charge in [0.05, 0.1) is 39.6 Å². The fraction of sp³-hybridized carbons (Fsp3) is 0.939. The molecule has 0 radical (unpaired) electrons. The summed E-state index contributed by atoms with van der Waals surface area (Å²) < 4.78 is 15.4. The first-order valence-corrected chi connectivity index (χ1v) is 16.2. The van der Waals surface area contributed by atoms with Crippen molar-refractivity contribution in [2.24, 2.45) is 34.5 Å². The van der Waals surface area contributed by atoms with Crippen LogP contribution in [-0.4, -0.2) is 76.8 Å². The van der Waals surface area contributed by atoms with Crippen LogP contribution in [0, 0.1) is 34.5 Å². The topological polar surface area (TPSA) is 106 Å². The molecule has 8 nitrogen and oxygen atoms in total. The quantitative estimate of drug-likeness (QED) is 0.224. The Morgan fingerprint density at radius 3 is 1.37 bits per heavy atom. The third-order valence-electron chi connectivity index (χ3n) is 8.00. The van der Waals surface area contributed by atoms with Crippen LogP contribution in [0.4, 0.5) is 0 Å². The van der Waals surface area contributed by atoms with Gasteiger partial charge in [-0.25, -0.2) is 0 Å². The number of carbonyl (C=O) groups is 2. The molecule has 2 saturated carbocycles. The maximum Gasteiger partial charge on any atom is 0.223 e. The third-order valence-corrected chi connectivity index (χ3v) is 8.00. The Bertz CT molecular complexity index is 687. The molecule has 2 aliphatic rings. The average Bonchev–Trinajstić information content (AvgIpc) is 2.90. The minimum Gasteiger partial charge on any atom is -0.394 e. The molecule has 0 unspecified atom stereocenters. The van der Waals surface area contributed by atoms with Crippen LogP contribution in [-0.2, 0) is 23.8 Å². The molecule has 0 aromatic rings. The van der Waals surface area contributed by atoms with E-state index in [0.29, 0.717) is 57.0 Å². The number of methoxy groups -OCH3 is 1. The van der Waals surface area contributed by atoms with Crippen LogP contribution < -0.4 is 10.6 Å². The molecule has 2 aliphatic carbocycles. The number of nitrogens with one attached hydrogen (secondary N) is 2. The zero-order valence-electron chi connectivity index (χ0n) is 27.5. The fourth-order valence-corrected chi connectivity index (χ4v) is 6.18. The van der Waals surface area contributed by atoms with E-state index in [1.54, 1.807) is 7.11 Å². The lowest BCUT2D eigenvalue weighted by Crippen LogP contribution is -2.35. The zero-order chi connectivity index (χ0) is 30.7. The van der Waals surface area contributed by atoms with Gasteiger partial charge in [-0.15, -0.1) is 0 Å². The van der Waals surface area contributed by atoms with Crippen molar-refractivity contribution in [3.05, 3.63) is 0 Å². The molecule has 0 atom stereocenters. The number of ether oxygens (including phenoxy) is 3. The smallest absolute Gasteiger partial charge is 0.223 e. The van der Waals surface area contributed by atoms with Crippen LogP contribution in [0.2, 0.25) is 0 Å². The van der Waals surface area contributed by atoms with Crippen LogP contribution in [0.3, 0.4) is 0 Å². The lowest BCUT2D eigenvalue weighted by molar-refractivity contribution is -0.127. The molecule has 3 N–H and O–H groups in total. The molecule has 0 heterocycles. The van der Waals surface area contributed by atoms with Gasteiger partial charge in [0, 0.05) is 32.0 Å². The first-order chi connectivity index (χ1) is 19.3. The van der Waals surface area contributed by atoms with Crippen molar-refractivity contribution >= 4 is 11.8 Å². The minimum absolute atomic E-state index is 0.0335. The summed E-state index contributed by atoms with van der Waals surface area (Å²) in [6.07, 6.45) is 11.4. The van der Waals surface area contributed by atoms with Gasteiger partial charge < -0.3 is 30.0 Å². The number of carbonyl (C=O) groups excluding carboxylic acids is 2. The van der Waals surface area contributed by atoms with Gasteiger partial charge in [0.1, 0.15) is 0 Å². The van der Waals surface area contributed by atoms with E-state index in [1.165, 1.54) is 38.5 Å². The van der Waals surface area contributed by atoms with Gasteiger partial charge in [-0.2, -0.15) is 0 Å². The standard InChI is InChI=1S/C17H33NO3.C16H31NO3/c1-17(2,3)13-14-5-7-15(8-6-14)16(19)18-9-10-21-12-11-20-4;1-16(2,3)12-13-4-6-14(7-5-13)15(19)17-8-10-20-11-9-18/h14-15H,5-13H2,1-4H3,(H,18,19);13-14,18H,4-12H2,1-3H3,(H,17,19). The molecular formula is C33H64N2O6. The highest BCUT2D eigenvalue weighted by atomic mass is 16.5. The van der Waals surface area contributed by atoms with E-state index in [1.807, 2.05) is 0 Å². The van der Waals surface area contributed by atoms with Gasteiger partial charge >= 0.3 is 0 Å². The lowest BCUT2D eigenvalue weighted by Gasteiger charge is -2.32. The van der Waals surface area contributed by atoms with Crippen LogP contribution >= 0.6 is 0 Å². The van der Waals surface area contributed by atoms with Crippen LogP contribution in [0.5, 0.6) is 0 Å². The SMILES string of the molecule is CC(C)(C)CC1CCC(C(=O)NCCOCCO)CC1.COCCOCCNC(=O)C1CCC(CC(C)(C)C)CC1. The molecule has 41 heavy (non-hydrogen) atoms. The first-order valence-electron chi connectivity index (χ1n) is 16.2. The van der Waals surface area contributed by atoms with Crippen molar-refractivity contribution in [1.29, 1.82) is 0 Å². The van der Waals surface area contributed by atoms with Crippen LogP contribution in [0.25, 0.3) is 0 Å². The average molecular weight is 585 g/mol. The Morgan fingerprint density at radius 2 is 1.02 bits per heavy atom. The lowest BCUT2D eigenvalue weighted by atomic mass is 9.74. The molecule has 8 heteroatoms. The molecule has 0 aromatic heterocycles. The van der Waals surface area contributed by atoms with Crippen LogP contribution in [0.1, 0.15) is 106 Å². The molecule has 0 saturated heterocycles. The Labute approximate surface area is 251 Å². The van der Waals surface area contributed by atoms with Crippen molar-refractivity contribution in [2.75, 3.05) is 59.8 Å². The largest absolute Gasteiger partial charge is 0.394 e. The Kier molecular flexibility index (Phi) is 19.0. The minimum atomic E-state index is 0.0335. The predicted molar refractivity (Wildman–Crippen MR) is 166 cm³/mol. The summed E-state index contributed by atoms with van der Waals surface area (Å²) in [4.78, 5) is 24.1. The summed E-state index contributed by atoms with van der Waals surface area (Å²) in [5.74, 6) is 2.36. The molecular weight excluding hydrogens is 520 g/mol. The Hall–Kier alpha value is -1.22. The maximum absolute atomic E-state index is 12.1. The van der Waals surface area contributed by atoms with Gasteiger partial charge in [-0.3, -0.25) is 9.59 Å². The zero-order valence-corrected chi connectivity index (χ0v) is 27.5. The molecule has 2 fully saturated rings. The van der Waals surface area contributed by atoms with E-state index in [2.05, 4.69) is 52.2 Å². The number of hydrogen-bond acceptors (Lipinski definition) is 6. The number of rotatable bonds is 15. The van der Waals surface area contributed by atoms with Crippen molar-refractivity contribution in [3.63, 3.8) is 0 Å². The van der Waals surface area contributed by atoms with Crippen molar-refractivity contribution in [2.45, 2.75) is 106 Å². The molecule has 2 amide bonds. The second-order valence-electron chi connectivity index (χ2n) is 14.5. The normalized spacial score (nSPS) is 23.3. The Balaban J connectivity index is 0.000000410. The van der Waals surface area contributed by atoms with E-state index in [4.69, 9.17) is 19.3 Å². The summed E-state index contributed by atoms with van der Waals surface area (Å²) >= 11 is 0. The number of amides is 2. The van der Waals surface area contributed by atoms with E-state index in [9.17, 15) is 9.59 Å². The third kappa shape index (κ3) is 19.6. The van der Waals surface area contributed by atoms with E-state index >= 15 is 0 Å². The van der Waals surface area contributed by atoms with E-state index in [0.717, 1.165) is 37.5 Å². The number of aliphatic hydroxyl groups excluding tert-OH is 1. The first kappa shape index (κ1) is 37.8. The number of aliphatic hydroxyl groups is 1. The second-order valence-corrected chi connectivity index (χ2v) is 14.5. The van der Waals surface area contributed by atoms with Gasteiger partial charge in [0.15, 0.2) is 0 Å². The van der Waals surface area contributed by atoms with Crippen molar-refractivity contribution < 1.29 is 28.9 Å². The van der Waals surface area contributed by atoms with Gasteiger partial charge in [-0.1, -0.05) is 41.5 Å². The van der Waals surface area contributed by atoms with Crippen LogP contribution in [0.15, 0.2) is 0 Å². The molecule has 0 aromatic carbocycles. The second kappa shape index (κ2) is 20.6. The maximum atomic E-state index is 12.1. The molecule has 0 bridgehead atoms. The van der Waals surface area contributed by atoms with E-state index < -0.39 is 0 Å². The highest BCUT2D eigenvalue weighted by Crippen LogP contribution is 2.37. The van der Waals surface area contributed by atoms with E-state index in [-0.39, 0.29) is 30.3 Å². The predicted octanol–water partition coefficient (Wildman–Crippen LogP) is 5.36. The molecule has 242 valence electrons. The Morgan fingerprint density at radius 1 is 0.634 bits per heavy atom. The highest BCUT2D eigenvalue weighted by molar-refractivity contribution is 5.79. The van der Waals surface area contributed by atoms with Gasteiger partial charge in [0.25, 0.3) is 0 Å². The molecule has 0 aliphatic heterocycles.